The van der Waals surface area contributed by atoms with Crippen LogP contribution in [0.15, 0.2) is 24.5 Å². The molecular formula is C11H11FN4O. The maximum absolute atomic E-state index is 13.0. The topological polar surface area (TPSA) is 70.7 Å². The fourth-order valence-corrected chi connectivity index (χ4v) is 1.37. The van der Waals surface area contributed by atoms with Crippen LogP contribution in [-0.2, 0) is 6.54 Å². The van der Waals surface area contributed by atoms with Crippen molar-refractivity contribution in [2.75, 3.05) is 0 Å². The molecule has 0 unspecified atom stereocenters. The highest BCUT2D eigenvalue weighted by Gasteiger charge is 2.07. The van der Waals surface area contributed by atoms with E-state index < -0.39 is 0 Å². The Kier molecular flexibility index (Phi) is 3.13. The van der Waals surface area contributed by atoms with Crippen molar-refractivity contribution < 1.29 is 9.18 Å². The summed E-state index contributed by atoms with van der Waals surface area (Å²) in [5.41, 5.74) is 0.862. The Morgan fingerprint density at radius 1 is 1.53 bits per heavy atom. The zero-order valence-electron chi connectivity index (χ0n) is 9.20. The van der Waals surface area contributed by atoms with E-state index in [1.54, 1.807) is 6.92 Å². The SMILES string of the molecule is Cc1cc(C(=O)NCc2ncn[nH]2)ccc1F. The Morgan fingerprint density at radius 3 is 3.00 bits per heavy atom. The number of amides is 1. The van der Waals surface area contributed by atoms with Gasteiger partial charge in [-0.3, -0.25) is 9.89 Å². The van der Waals surface area contributed by atoms with E-state index in [-0.39, 0.29) is 18.3 Å². The smallest absolute Gasteiger partial charge is 0.251 e. The Labute approximate surface area is 97.1 Å². The number of H-pyrrole nitrogens is 1. The molecule has 1 aromatic carbocycles. The summed E-state index contributed by atoms with van der Waals surface area (Å²) in [4.78, 5) is 15.6. The van der Waals surface area contributed by atoms with Crippen LogP contribution in [0.5, 0.6) is 0 Å². The summed E-state index contributed by atoms with van der Waals surface area (Å²) in [5, 5.41) is 8.94. The summed E-state index contributed by atoms with van der Waals surface area (Å²) in [6, 6.07) is 4.22. The minimum Gasteiger partial charge on any atom is -0.345 e. The number of nitrogens with zero attached hydrogens (tertiary/aromatic N) is 2. The minimum absolute atomic E-state index is 0.259. The van der Waals surface area contributed by atoms with Crippen molar-refractivity contribution in [1.29, 1.82) is 0 Å². The maximum atomic E-state index is 13.0. The Bertz CT molecular complexity index is 524. The molecule has 6 heteroatoms. The van der Waals surface area contributed by atoms with Gasteiger partial charge in [0.1, 0.15) is 18.0 Å². The number of aromatic nitrogens is 3. The van der Waals surface area contributed by atoms with Gasteiger partial charge in [-0.1, -0.05) is 0 Å². The molecule has 1 aromatic heterocycles. The first kappa shape index (κ1) is 11.3. The number of benzene rings is 1. The molecule has 0 atom stereocenters. The van der Waals surface area contributed by atoms with Crippen molar-refractivity contribution in [3.05, 3.63) is 47.3 Å². The summed E-state index contributed by atoms with van der Waals surface area (Å²) in [7, 11) is 0. The van der Waals surface area contributed by atoms with Crippen molar-refractivity contribution in [3.63, 3.8) is 0 Å². The first-order chi connectivity index (χ1) is 8.16. The van der Waals surface area contributed by atoms with Crippen molar-refractivity contribution in [3.8, 4) is 0 Å². The molecule has 17 heavy (non-hydrogen) atoms. The van der Waals surface area contributed by atoms with Gasteiger partial charge in [-0.2, -0.15) is 5.10 Å². The molecule has 5 nitrogen and oxygen atoms in total. The molecule has 1 heterocycles. The first-order valence-electron chi connectivity index (χ1n) is 5.05. The first-order valence-corrected chi connectivity index (χ1v) is 5.05. The summed E-state index contributed by atoms with van der Waals surface area (Å²) < 4.78 is 13.0. The zero-order chi connectivity index (χ0) is 12.3. The lowest BCUT2D eigenvalue weighted by atomic mass is 10.1. The number of aromatic amines is 1. The van der Waals surface area contributed by atoms with E-state index in [2.05, 4.69) is 20.5 Å². The zero-order valence-corrected chi connectivity index (χ0v) is 9.20. The number of carbonyl (C=O) groups is 1. The van der Waals surface area contributed by atoms with Gasteiger partial charge >= 0.3 is 0 Å². The molecule has 0 spiro atoms. The largest absolute Gasteiger partial charge is 0.345 e. The maximum Gasteiger partial charge on any atom is 0.251 e. The number of hydrogen-bond donors (Lipinski definition) is 2. The molecular weight excluding hydrogens is 223 g/mol. The van der Waals surface area contributed by atoms with Gasteiger partial charge in [-0.15, -0.1) is 0 Å². The van der Waals surface area contributed by atoms with Gasteiger partial charge in [0.05, 0.1) is 6.54 Å². The molecule has 0 bridgehead atoms. The molecule has 0 saturated heterocycles. The average Bonchev–Trinajstić information content (AvgIpc) is 2.82. The monoisotopic (exact) mass is 234 g/mol. The molecule has 1 amide bonds. The lowest BCUT2D eigenvalue weighted by Crippen LogP contribution is -2.23. The Morgan fingerprint density at radius 2 is 2.35 bits per heavy atom. The van der Waals surface area contributed by atoms with Crippen LogP contribution in [0, 0.1) is 12.7 Å². The number of carbonyl (C=O) groups excluding carboxylic acids is 1. The Balaban J connectivity index is 2.02. The van der Waals surface area contributed by atoms with Gasteiger partial charge in [0, 0.05) is 5.56 Å². The van der Waals surface area contributed by atoms with Crippen LogP contribution in [0.4, 0.5) is 4.39 Å². The summed E-state index contributed by atoms with van der Waals surface area (Å²) in [6.07, 6.45) is 1.36. The summed E-state index contributed by atoms with van der Waals surface area (Å²) in [5.74, 6) is -0.0292. The molecule has 0 aliphatic carbocycles. The van der Waals surface area contributed by atoms with Crippen molar-refractivity contribution in [1.82, 2.24) is 20.5 Å². The quantitative estimate of drug-likeness (QED) is 0.837. The van der Waals surface area contributed by atoms with Gasteiger partial charge in [-0.25, -0.2) is 9.37 Å². The van der Waals surface area contributed by atoms with E-state index >= 15 is 0 Å². The third kappa shape index (κ3) is 2.66. The molecule has 0 aliphatic rings. The number of halogens is 1. The van der Waals surface area contributed by atoms with E-state index in [0.29, 0.717) is 17.0 Å². The molecule has 88 valence electrons. The van der Waals surface area contributed by atoms with Crippen LogP contribution in [0.1, 0.15) is 21.7 Å². The van der Waals surface area contributed by atoms with E-state index in [0.717, 1.165) is 0 Å². The standard InChI is InChI=1S/C11H11FN4O/c1-7-4-8(2-3-9(7)12)11(17)13-5-10-14-6-15-16-10/h2-4,6H,5H2,1H3,(H,13,17)(H,14,15,16). The average molecular weight is 234 g/mol. The van der Waals surface area contributed by atoms with Crippen molar-refractivity contribution in [2.24, 2.45) is 0 Å². The fraction of sp³-hybridized carbons (Fsp3) is 0.182. The van der Waals surface area contributed by atoms with E-state index in [1.807, 2.05) is 0 Å². The van der Waals surface area contributed by atoms with Gasteiger partial charge in [0.25, 0.3) is 5.91 Å². The predicted molar refractivity (Wildman–Crippen MR) is 58.7 cm³/mol. The van der Waals surface area contributed by atoms with Gasteiger partial charge in [0.15, 0.2) is 0 Å². The normalized spacial score (nSPS) is 10.2. The highest BCUT2D eigenvalue weighted by atomic mass is 19.1. The van der Waals surface area contributed by atoms with E-state index in [1.165, 1.54) is 24.5 Å². The molecule has 0 aliphatic heterocycles. The third-order valence-electron chi connectivity index (χ3n) is 2.30. The molecule has 2 rings (SSSR count). The van der Waals surface area contributed by atoms with E-state index in [4.69, 9.17) is 0 Å². The molecule has 0 radical (unpaired) electrons. The number of aryl methyl sites for hydroxylation is 1. The summed E-state index contributed by atoms with van der Waals surface area (Å²) >= 11 is 0. The molecule has 0 saturated carbocycles. The van der Waals surface area contributed by atoms with Crippen LogP contribution in [0.3, 0.4) is 0 Å². The van der Waals surface area contributed by atoms with Crippen molar-refractivity contribution in [2.45, 2.75) is 13.5 Å². The van der Waals surface area contributed by atoms with Gasteiger partial charge in [0.2, 0.25) is 0 Å². The molecule has 2 aromatic rings. The number of hydrogen-bond acceptors (Lipinski definition) is 3. The number of rotatable bonds is 3. The highest BCUT2D eigenvalue weighted by Crippen LogP contribution is 2.09. The second-order valence-corrected chi connectivity index (χ2v) is 3.58. The second kappa shape index (κ2) is 4.73. The Hall–Kier alpha value is -2.24. The van der Waals surface area contributed by atoms with Crippen LogP contribution < -0.4 is 5.32 Å². The van der Waals surface area contributed by atoms with Crippen LogP contribution in [0.25, 0.3) is 0 Å². The summed E-state index contributed by atoms with van der Waals surface area (Å²) in [6.45, 7) is 1.87. The second-order valence-electron chi connectivity index (χ2n) is 3.58. The third-order valence-corrected chi connectivity index (χ3v) is 2.30. The lowest BCUT2D eigenvalue weighted by Gasteiger charge is -2.04. The highest BCUT2D eigenvalue weighted by molar-refractivity contribution is 5.94. The number of nitrogens with one attached hydrogen (secondary N) is 2. The van der Waals surface area contributed by atoms with Crippen molar-refractivity contribution >= 4 is 5.91 Å². The van der Waals surface area contributed by atoms with Gasteiger partial charge in [-0.05, 0) is 30.7 Å². The van der Waals surface area contributed by atoms with Gasteiger partial charge < -0.3 is 5.32 Å². The molecule has 2 N–H and O–H groups in total. The van der Waals surface area contributed by atoms with Crippen LogP contribution in [0.2, 0.25) is 0 Å². The van der Waals surface area contributed by atoms with Crippen LogP contribution in [-0.4, -0.2) is 21.1 Å². The predicted octanol–water partition coefficient (Wildman–Crippen LogP) is 1.18. The minimum atomic E-state index is -0.322. The fourth-order valence-electron chi connectivity index (χ4n) is 1.37. The lowest BCUT2D eigenvalue weighted by molar-refractivity contribution is 0.0950. The van der Waals surface area contributed by atoms with E-state index in [9.17, 15) is 9.18 Å². The van der Waals surface area contributed by atoms with Crippen LogP contribution >= 0.6 is 0 Å². The molecule has 0 fully saturated rings.